The van der Waals surface area contributed by atoms with E-state index in [4.69, 9.17) is 4.55 Å². The molecule has 1 atom stereocenters. The molecule has 2 heterocycles. The van der Waals surface area contributed by atoms with Crippen LogP contribution in [0.2, 0.25) is 0 Å². The van der Waals surface area contributed by atoms with Crippen LogP contribution in [0.3, 0.4) is 0 Å². The number of amides is 4. The van der Waals surface area contributed by atoms with Crippen LogP contribution in [0.4, 0.5) is 0 Å². The SMILES string of the molecule is O=C(CCCCCCCN1C(=O)C=CC1=O)ON1C(=O)CC(S(=O)(=O)O)C1=O.[H-].[Na+]. The molecule has 13 heteroatoms. The molecule has 1 saturated heterocycles. The molecule has 0 aliphatic carbocycles. The van der Waals surface area contributed by atoms with Crippen LogP contribution in [0.1, 0.15) is 46.4 Å². The van der Waals surface area contributed by atoms with Crippen molar-refractivity contribution < 1.29 is 72.8 Å². The van der Waals surface area contributed by atoms with Gasteiger partial charge < -0.3 is 6.26 Å². The van der Waals surface area contributed by atoms with Crippen molar-refractivity contribution in [2.45, 2.75) is 50.2 Å². The number of carbonyl (C=O) groups is 5. The molecule has 1 unspecified atom stereocenters. The van der Waals surface area contributed by atoms with Gasteiger partial charge in [0.05, 0.1) is 6.42 Å². The van der Waals surface area contributed by atoms with Gasteiger partial charge in [-0.2, -0.15) is 8.42 Å². The number of nitrogens with zero attached hydrogens (tertiary/aromatic N) is 2. The summed E-state index contributed by atoms with van der Waals surface area (Å²) in [5.74, 6) is -3.81. The van der Waals surface area contributed by atoms with Gasteiger partial charge in [0.15, 0.2) is 5.25 Å². The number of carbonyl (C=O) groups excluding carboxylic acids is 5. The second-order valence-electron chi connectivity index (χ2n) is 6.38. The summed E-state index contributed by atoms with van der Waals surface area (Å²) in [6, 6.07) is 0. The smallest absolute Gasteiger partial charge is 1.00 e. The summed E-state index contributed by atoms with van der Waals surface area (Å²) in [6.45, 7) is 0.334. The number of hydrogen-bond acceptors (Lipinski definition) is 8. The monoisotopic (exact) mass is 440 g/mol. The minimum Gasteiger partial charge on any atom is -1.00 e. The average Bonchev–Trinajstić information content (AvgIpc) is 3.07. The van der Waals surface area contributed by atoms with E-state index in [9.17, 15) is 32.4 Å². The Hall–Kier alpha value is -1.60. The molecule has 2 aliphatic rings. The third kappa shape index (κ3) is 7.00. The second-order valence-corrected chi connectivity index (χ2v) is 7.98. The quantitative estimate of drug-likeness (QED) is 0.160. The van der Waals surface area contributed by atoms with Gasteiger partial charge in [-0.3, -0.25) is 28.6 Å². The van der Waals surface area contributed by atoms with E-state index < -0.39 is 39.6 Å². The zero-order chi connectivity index (χ0) is 20.9. The van der Waals surface area contributed by atoms with Gasteiger partial charge in [0.2, 0.25) is 0 Å². The van der Waals surface area contributed by atoms with Crippen molar-refractivity contribution in [3.63, 3.8) is 0 Å². The Balaban J connectivity index is 0.00000420. The largest absolute Gasteiger partial charge is 1.00 e. The van der Waals surface area contributed by atoms with E-state index in [1.54, 1.807) is 0 Å². The van der Waals surface area contributed by atoms with E-state index in [1.165, 1.54) is 12.2 Å². The molecule has 11 nitrogen and oxygen atoms in total. The van der Waals surface area contributed by atoms with Crippen LogP contribution in [0.15, 0.2) is 12.2 Å². The van der Waals surface area contributed by atoms with Crippen LogP contribution in [0.25, 0.3) is 0 Å². The summed E-state index contributed by atoms with van der Waals surface area (Å²) < 4.78 is 30.9. The first-order valence-electron chi connectivity index (χ1n) is 8.68. The van der Waals surface area contributed by atoms with Gasteiger partial charge in [-0.25, -0.2) is 4.79 Å². The first-order chi connectivity index (χ1) is 13.1. The first kappa shape index (κ1) is 25.4. The molecule has 0 saturated carbocycles. The van der Waals surface area contributed by atoms with Crippen molar-refractivity contribution in [2.75, 3.05) is 6.54 Å². The van der Waals surface area contributed by atoms with Gasteiger partial charge in [-0.05, 0) is 12.8 Å². The van der Waals surface area contributed by atoms with Gasteiger partial charge >= 0.3 is 35.5 Å². The Morgan fingerprint density at radius 3 is 2.17 bits per heavy atom. The van der Waals surface area contributed by atoms with Crippen LogP contribution in [0.5, 0.6) is 0 Å². The maximum atomic E-state index is 11.7. The Morgan fingerprint density at radius 2 is 1.62 bits per heavy atom. The van der Waals surface area contributed by atoms with Crippen molar-refractivity contribution in [3.8, 4) is 0 Å². The molecule has 156 valence electrons. The topological polar surface area (TPSA) is 155 Å². The Morgan fingerprint density at radius 1 is 1.07 bits per heavy atom. The molecule has 2 rings (SSSR count). The van der Waals surface area contributed by atoms with E-state index in [0.29, 0.717) is 25.8 Å². The maximum Gasteiger partial charge on any atom is 1.00 e. The first-order valence-corrected chi connectivity index (χ1v) is 10.2. The predicted octanol–water partition coefficient (Wildman–Crippen LogP) is -3.16. The molecule has 1 N–H and O–H groups in total. The summed E-state index contributed by atoms with van der Waals surface area (Å²) in [4.78, 5) is 63.5. The van der Waals surface area contributed by atoms with Gasteiger partial charge in [0.1, 0.15) is 0 Å². The standard InChI is InChI=1S/C16H20N2O9S.Na.H/c19-12-7-8-13(20)17(12)9-5-3-1-2-4-6-15(22)27-18-14(21)10-11(16(18)23)28(24,25)26;;/h7-8,11H,1-6,9-10H2,(H,24,25,26);;/q;+1;-1. The number of unbranched alkanes of at least 4 members (excludes halogenated alkanes) is 4. The van der Waals surface area contributed by atoms with Crippen molar-refractivity contribution in [1.29, 1.82) is 0 Å². The number of hydroxylamine groups is 2. The number of imide groups is 2. The summed E-state index contributed by atoms with van der Waals surface area (Å²) in [6.07, 6.45) is 4.77. The predicted molar refractivity (Wildman–Crippen MR) is 92.6 cm³/mol. The van der Waals surface area contributed by atoms with Gasteiger partial charge in [-0.1, -0.05) is 19.3 Å². The summed E-state index contributed by atoms with van der Waals surface area (Å²) in [5.41, 5.74) is 0. The molecule has 4 amide bonds. The Bertz CT molecular complexity index is 813. The molecule has 29 heavy (non-hydrogen) atoms. The number of rotatable bonds is 10. The summed E-state index contributed by atoms with van der Waals surface area (Å²) in [7, 11) is -4.75. The third-order valence-corrected chi connectivity index (χ3v) is 5.37. The molecule has 1 fully saturated rings. The molecule has 2 aliphatic heterocycles. The fourth-order valence-corrected chi connectivity index (χ4v) is 3.48. The van der Waals surface area contributed by atoms with Gasteiger partial charge in [0, 0.05) is 25.1 Å². The van der Waals surface area contributed by atoms with E-state index in [2.05, 4.69) is 4.84 Å². The molecule has 0 radical (unpaired) electrons. The zero-order valence-corrected chi connectivity index (χ0v) is 18.7. The minimum atomic E-state index is -4.75. The third-order valence-electron chi connectivity index (χ3n) is 4.28. The van der Waals surface area contributed by atoms with E-state index in [-0.39, 0.29) is 54.3 Å². The molecule has 0 aromatic rings. The zero-order valence-electron chi connectivity index (χ0n) is 16.9. The summed E-state index contributed by atoms with van der Waals surface area (Å²) in [5, 5.41) is -1.86. The molecule has 0 spiro atoms. The molecular weight excluding hydrogens is 419 g/mol. The Labute approximate surface area is 190 Å². The minimum absolute atomic E-state index is 0. The van der Waals surface area contributed by atoms with Gasteiger partial charge in [0.25, 0.3) is 33.7 Å². The summed E-state index contributed by atoms with van der Waals surface area (Å²) >= 11 is 0. The van der Waals surface area contributed by atoms with Gasteiger partial charge in [-0.15, -0.1) is 5.06 Å². The second kappa shape index (κ2) is 11.0. The maximum absolute atomic E-state index is 11.7. The van der Waals surface area contributed by atoms with Crippen molar-refractivity contribution in [3.05, 3.63) is 12.2 Å². The van der Waals surface area contributed by atoms with Crippen molar-refractivity contribution in [1.82, 2.24) is 9.96 Å². The fourth-order valence-electron chi connectivity index (χ4n) is 2.78. The normalized spacial score (nSPS) is 19.1. The molecule has 0 bridgehead atoms. The van der Waals surface area contributed by atoms with Crippen molar-refractivity contribution >= 4 is 39.7 Å². The van der Waals surface area contributed by atoms with Crippen LogP contribution < -0.4 is 29.6 Å². The fraction of sp³-hybridized carbons (Fsp3) is 0.562. The molecular formula is C16H21N2NaO9S. The average molecular weight is 440 g/mol. The van der Waals surface area contributed by atoms with E-state index in [1.807, 2.05) is 0 Å². The van der Waals surface area contributed by atoms with E-state index in [0.717, 1.165) is 17.7 Å². The Kier molecular flexibility index (Phi) is 9.62. The van der Waals surface area contributed by atoms with Crippen LogP contribution in [-0.2, 0) is 38.9 Å². The van der Waals surface area contributed by atoms with Crippen LogP contribution in [0, 0.1) is 0 Å². The van der Waals surface area contributed by atoms with E-state index >= 15 is 0 Å². The molecule has 0 aromatic heterocycles. The molecule has 0 aromatic carbocycles. The number of hydrogen-bond donors (Lipinski definition) is 1. The van der Waals surface area contributed by atoms with Crippen LogP contribution >= 0.6 is 0 Å². The van der Waals surface area contributed by atoms with Crippen molar-refractivity contribution in [2.24, 2.45) is 0 Å². The van der Waals surface area contributed by atoms with Crippen LogP contribution in [-0.4, -0.2) is 64.3 Å².